The fourth-order valence-corrected chi connectivity index (χ4v) is 3.03. The van der Waals surface area contributed by atoms with Crippen LogP contribution >= 0.6 is 11.6 Å². The van der Waals surface area contributed by atoms with Gasteiger partial charge in [-0.2, -0.15) is 0 Å². The predicted molar refractivity (Wildman–Crippen MR) is 130 cm³/mol. The van der Waals surface area contributed by atoms with E-state index in [-0.39, 0.29) is 12.8 Å². The highest BCUT2D eigenvalue weighted by Gasteiger charge is 2.13. The van der Waals surface area contributed by atoms with E-state index in [1.165, 1.54) is 0 Å². The van der Waals surface area contributed by atoms with Crippen LogP contribution in [0.3, 0.4) is 0 Å². The van der Waals surface area contributed by atoms with E-state index in [2.05, 4.69) is 17.6 Å². The number of carbonyl (C=O) groups is 4. The number of hydrogen-bond donors (Lipinski definition) is 2. The minimum Gasteiger partial charge on any atom is -0.462 e. The lowest BCUT2D eigenvalue weighted by molar-refractivity contribution is -0.147. The summed E-state index contributed by atoms with van der Waals surface area (Å²) in [6, 6.07) is 11.4. The molecule has 0 fully saturated rings. The molecule has 34 heavy (non-hydrogen) atoms. The molecule has 0 atom stereocenters. The quantitative estimate of drug-likeness (QED) is 0.325. The number of nitrogens with one attached hydrogen (secondary N) is 2. The van der Waals surface area contributed by atoms with Crippen LogP contribution < -0.4 is 10.6 Å². The summed E-state index contributed by atoms with van der Waals surface area (Å²) in [4.78, 5) is 47.9. The zero-order valence-electron chi connectivity index (χ0n) is 19.3. The summed E-state index contributed by atoms with van der Waals surface area (Å²) in [6.07, 6.45) is 2.57. The molecule has 0 aliphatic heterocycles. The monoisotopic (exact) mass is 488 g/mol. The molecule has 0 aliphatic rings. The van der Waals surface area contributed by atoms with E-state index in [1.54, 1.807) is 42.5 Å². The van der Waals surface area contributed by atoms with Crippen molar-refractivity contribution in [3.8, 4) is 0 Å². The Balaban J connectivity index is 1.69. The van der Waals surface area contributed by atoms with Crippen LogP contribution in [-0.2, 0) is 23.9 Å². The molecule has 0 saturated carbocycles. The molecule has 0 saturated heterocycles. The number of hydrogen-bond acceptors (Lipinski definition) is 6. The Morgan fingerprint density at radius 1 is 0.882 bits per heavy atom. The SMILES string of the molecule is CCCCCOC(=O)c1ccc(NC(=O)CCC(=O)OCC(=O)Nc2cc(Cl)ccc2C)cc1. The van der Waals surface area contributed by atoms with Gasteiger partial charge in [-0.05, 0) is 55.3 Å². The molecule has 0 spiro atoms. The van der Waals surface area contributed by atoms with E-state index in [4.69, 9.17) is 21.1 Å². The number of ether oxygens (including phenoxy) is 2. The molecule has 9 heteroatoms. The average molecular weight is 489 g/mol. The van der Waals surface area contributed by atoms with Gasteiger partial charge in [0.25, 0.3) is 5.91 Å². The number of anilines is 2. The van der Waals surface area contributed by atoms with Crippen LogP contribution in [0.4, 0.5) is 11.4 Å². The van der Waals surface area contributed by atoms with Gasteiger partial charge in [0.2, 0.25) is 5.91 Å². The minimum atomic E-state index is -0.672. The van der Waals surface area contributed by atoms with E-state index < -0.39 is 30.4 Å². The van der Waals surface area contributed by atoms with Gasteiger partial charge in [-0.25, -0.2) is 4.79 Å². The third kappa shape index (κ3) is 9.62. The molecular formula is C25H29ClN2O6. The van der Waals surface area contributed by atoms with Crippen molar-refractivity contribution in [3.63, 3.8) is 0 Å². The standard InChI is InChI=1S/C25H29ClN2O6/c1-3-4-5-14-33-25(32)18-7-10-20(11-8-18)27-22(29)12-13-24(31)34-16-23(30)28-21-15-19(26)9-6-17(21)2/h6-11,15H,3-5,12-14,16H2,1-2H3,(H,27,29)(H,28,30). The second-order valence-corrected chi connectivity index (χ2v) is 8.07. The first-order valence-electron chi connectivity index (χ1n) is 11.1. The summed E-state index contributed by atoms with van der Waals surface area (Å²) < 4.78 is 10.1. The molecular weight excluding hydrogens is 460 g/mol. The van der Waals surface area contributed by atoms with Crippen LogP contribution in [0, 0.1) is 6.92 Å². The summed E-state index contributed by atoms with van der Waals surface area (Å²) in [5.74, 6) is -1.99. The lowest BCUT2D eigenvalue weighted by atomic mass is 10.2. The van der Waals surface area contributed by atoms with Crippen LogP contribution in [0.25, 0.3) is 0 Å². The van der Waals surface area contributed by atoms with Crippen LogP contribution in [0.1, 0.15) is 54.9 Å². The first-order chi connectivity index (χ1) is 16.3. The summed E-state index contributed by atoms with van der Waals surface area (Å²) in [7, 11) is 0. The largest absolute Gasteiger partial charge is 0.462 e. The van der Waals surface area contributed by atoms with Gasteiger partial charge in [0.05, 0.1) is 18.6 Å². The number of aryl methyl sites for hydroxylation is 1. The van der Waals surface area contributed by atoms with Gasteiger partial charge in [-0.15, -0.1) is 0 Å². The van der Waals surface area contributed by atoms with E-state index in [0.29, 0.717) is 28.6 Å². The van der Waals surface area contributed by atoms with Crippen molar-refractivity contribution in [2.24, 2.45) is 0 Å². The Bertz CT molecular complexity index is 1010. The molecule has 0 unspecified atom stereocenters. The van der Waals surface area contributed by atoms with Gasteiger partial charge in [0, 0.05) is 22.8 Å². The fourth-order valence-electron chi connectivity index (χ4n) is 2.86. The maximum absolute atomic E-state index is 12.1. The zero-order valence-corrected chi connectivity index (χ0v) is 20.1. The number of carbonyl (C=O) groups excluding carboxylic acids is 4. The number of rotatable bonds is 12. The maximum Gasteiger partial charge on any atom is 0.338 e. The Morgan fingerprint density at radius 2 is 1.62 bits per heavy atom. The highest BCUT2D eigenvalue weighted by atomic mass is 35.5. The maximum atomic E-state index is 12.1. The molecule has 2 N–H and O–H groups in total. The number of amides is 2. The van der Waals surface area contributed by atoms with Crippen molar-refractivity contribution in [1.82, 2.24) is 0 Å². The first-order valence-corrected chi connectivity index (χ1v) is 11.4. The van der Waals surface area contributed by atoms with E-state index in [1.807, 2.05) is 6.92 Å². The number of halogens is 1. The summed E-state index contributed by atoms with van der Waals surface area (Å²) in [5.41, 5.74) is 2.22. The van der Waals surface area contributed by atoms with Crippen LogP contribution in [0.5, 0.6) is 0 Å². The predicted octanol–water partition coefficient (Wildman–Crippen LogP) is 4.90. The molecule has 2 amide bonds. The Morgan fingerprint density at radius 3 is 2.32 bits per heavy atom. The van der Waals surface area contributed by atoms with Gasteiger partial charge in [-0.1, -0.05) is 37.4 Å². The molecule has 8 nitrogen and oxygen atoms in total. The summed E-state index contributed by atoms with van der Waals surface area (Å²) >= 11 is 5.91. The van der Waals surface area contributed by atoms with E-state index in [9.17, 15) is 19.2 Å². The third-order valence-electron chi connectivity index (χ3n) is 4.78. The molecule has 182 valence electrons. The summed E-state index contributed by atoms with van der Waals surface area (Å²) in [6.45, 7) is 3.79. The highest BCUT2D eigenvalue weighted by molar-refractivity contribution is 6.31. The number of benzene rings is 2. The minimum absolute atomic E-state index is 0.116. The fraction of sp³-hybridized carbons (Fsp3) is 0.360. The van der Waals surface area contributed by atoms with E-state index >= 15 is 0 Å². The van der Waals surface area contributed by atoms with Crippen LogP contribution in [0.15, 0.2) is 42.5 Å². The average Bonchev–Trinajstić information content (AvgIpc) is 2.82. The van der Waals surface area contributed by atoms with Crippen LogP contribution in [-0.4, -0.2) is 37.0 Å². The highest BCUT2D eigenvalue weighted by Crippen LogP contribution is 2.20. The molecule has 2 aromatic rings. The van der Waals surface area contributed by atoms with Gasteiger partial charge in [-0.3, -0.25) is 14.4 Å². The second-order valence-electron chi connectivity index (χ2n) is 7.64. The topological polar surface area (TPSA) is 111 Å². The molecule has 0 radical (unpaired) electrons. The normalized spacial score (nSPS) is 10.3. The molecule has 0 aromatic heterocycles. The first kappa shape index (κ1) is 26.9. The Hall–Kier alpha value is -3.39. The summed E-state index contributed by atoms with van der Waals surface area (Å²) in [5, 5.41) is 5.74. The van der Waals surface area contributed by atoms with Gasteiger partial charge < -0.3 is 20.1 Å². The van der Waals surface area contributed by atoms with Crippen molar-refractivity contribution in [3.05, 3.63) is 58.6 Å². The number of esters is 2. The van der Waals surface area contributed by atoms with Gasteiger partial charge >= 0.3 is 11.9 Å². The van der Waals surface area contributed by atoms with Crippen molar-refractivity contribution in [2.45, 2.75) is 46.0 Å². The third-order valence-corrected chi connectivity index (χ3v) is 5.01. The van der Waals surface area contributed by atoms with Crippen molar-refractivity contribution < 1.29 is 28.7 Å². The lowest BCUT2D eigenvalue weighted by Gasteiger charge is -2.09. The molecule has 0 aliphatic carbocycles. The Kier molecular flexibility index (Phi) is 11.1. The number of unbranched alkanes of at least 4 members (excludes halogenated alkanes) is 2. The van der Waals surface area contributed by atoms with Crippen molar-refractivity contribution in [2.75, 3.05) is 23.8 Å². The lowest BCUT2D eigenvalue weighted by Crippen LogP contribution is -2.22. The van der Waals surface area contributed by atoms with Gasteiger partial charge in [0.1, 0.15) is 0 Å². The van der Waals surface area contributed by atoms with Gasteiger partial charge in [0.15, 0.2) is 6.61 Å². The van der Waals surface area contributed by atoms with Crippen LogP contribution in [0.2, 0.25) is 5.02 Å². The van der Waals surface area contributed by atoms with Crippen molar-refractivity contribution in [1.29, 1.82) is 0 Å². The van der Waals surface area contributed by atoms with Crippen molar-refractivity contribution >= 4 is 46.7 Å². The Labute approximate surface area is 204 Å². The zero-order chi connectivity index (χ0) is 24.9. The molecule has 0 bridgehead atoms. The second kappa shape index (κ2) is 14.0. The van der Waals surface area contributed by atoms with E-state index in [0.717, 1.165) is 24.8 Å². The smallest absolute Gasteiger partial charge is 0.338 e. The molecule has 2 aromatic carbocycles. The molecule has 2 rings (SSSR count). The molecule has 0 heterocycles.